The van der Waals surface area contributed by atoms with Gasteiger partial charge in [0, 0.05) is 19.2 Å². The largest absolute Gasteiger partial charge is 0.339 e. The first-order chi connectivity index (χ1) is 14.5. The minimum Gasteiger partial charge on any atom is -0.339 e. The van der Waals surface area contributed by atoms with Gasteiger partial charge in [-0.3, -0.25) is 14.6 Å². The number of aromatic nitrogens is 4. The molecule has 1 saturated carbocycles. The number of anilines is 1. The molecule has 1 amide bonds. The molecule has 30 heavy (non-hydrogen) atoms. The molecule has 8 nitrogen and oxygen atoms in total. The number of rotatable bonds is 4. The van der Waals surface area contributed by atoms with Crippen LogP contribution in [0.2, 0.25) is 0 Å². The number of amides is 1. The van der Waals surface area contributed by atoms with Crippen LogP contribution >= 0.6 is 0 Å². The molecule has 2 aliphatic heterocycles. The number of nitrogens with one attached hydrogen (secondary N) is 1. The third kappa shape index (κ3) is 2.55. The summed E-state index contributed by atoms with van der Waals surface area (Å²) < 4.78 is 28.8. The van der Waals surface area contributed by atoms with Crippen molar-refractivity contribution in [1.82, 2.24) is 24.6 Å². The molecule has 2 saturated heterocycles. The number of benzene rings is 1. The average Bonchev–Trinajstić information content (AvgIpc) is 3.40. The Kier molecular flexibility index (Phi) is 3.57. The van der Waals surface area contributed by atoms with Crippen LogP contribution in [0, 0.1) is 17.6 Å². The summed E-state index contributed by atoms with van der Waals surface area (Å²) in [5.41, 5.74) is -0.270. The van der Waals surface area contributed by atoms with E-state index in [1.807, 2.05) is 9.80 Å². The van der Waals surface area contributed by atoms with E-state index >= 15 is 0 Å². The first-order valence-electron chi connectivity index (χ1n) is 10.00. The third-order valence-corrected chi connectivity index (χ3v) is 6.24. The Bertz CT molecular complexity index is 1250. The summed E-state index contributed by atoms with van der Waals surface area (Å²) in [6.07, 6.45) is 4.39. The molecule has 2 atom stereocenters. The normalized spacial score (nSPS) is 23.2. The second-order valence-corrected chi connectivity index (χ2v) is 8.28. The van der Waals surface area contributed by atoms with Crippen molar-refractivity contribution in [3.8, 4) is 5.69 Å². The smallest absolute Gasteiger partial charge is 0.263 e. The van der Waals surface area contributed by atoms with Gasteiger partial charge in [-0.15, -0.1) is 0 Å². The van der Waals surface area contributed by atoms with Crippen LogP contribution in [-0.4, -0.2) is 55.7 Å². The summed E-state index contributed by atoms with van der Waals surface area (Å²) in [6.45, 7) is 1.42. The number of aromatic amines is 1. The first kappa shape index (κ1) is 17.5. The molecule has 0 spiro atoms. The SMILES string of the molecule is O=C1C2CC(CN1CC1CC1)N2c1nc2c(cnn2-c2ccc(F)cc2F)c(=O)[nH]1. The summed E-state index contributed by atoms with van der Waals surface area (Å²) >= 11 is 0. The maximum absolute atomic E-state index is 14.3. The van der Waals surface area contributed by atoms with E-state index in [0.717, 1.165) is 25.1 Å². The molecule has 10 heteroatoms. The number of fused-ring (bicyclic) bond motifs is 3. The molecule has 3 fully saturated rings. The Hall–Kier alpha value is -3.30. The van der Waals surface area contributed by atoms with Crippen LogP contribution in [0.3, 0.4) is 0 Å². The van der Waals surface area contributed by atoms with Crippen molar-refractivity contribution >= 4 is 22.9 Å². The summed E-state index contributed by atoms with van der Waals surface area (Å²) in [6, 6.07) is 2.86. The number of piperazine rings is 1. The van der Waals surface area contributed by atoms with Gasteiger partial charge >= 0.3 is 0 Å². The zero-order valence-corrected chi connectivity index (χ0v) is 15.9. The predicted molar refractivity (Wildman–Crippen MR) is 103 cm³/mol. The van der Waals surface area contributed by atoms with Crippen molar-refractivity contribution in [1.29, 1.82) is 0 Å². The highest BCUT2D eigenvalue weighted by atomic mass is 19.1. The highest BCUT2D eigenvalue weighted by Crippen LogP contribution is 2.38. The monoisotopic (exact) mass is 412 g/mol. The number of carbonyl (C=O) groups excluding carboxylic acids is 1. The fourth-order valence-corrected chi connectivity index (χ4v) is 4.49. The number of H-pyrrole nitrogens is 1. The maximum atomic E-state index is 14.3. The number of hydrogen-bond donors (Lipinski definition) is 1. The highest BCUT2D eigenvalue weighted by molar-refractivity contribution is 5.89. The second-order valence-electron chi connectivity index (χ2n) is 8.28. The van der Waals surface area contributed by atoms with Crippen LogP contribution < -0.4 is 10.5 Å². The van der Waals surface area contributed by atoms with E-state index in [2.05, 4.69) is 15.1 Å². The Labute approximate surface area is 169 Å². The van der Waals surface area contributed by atoms with Gasteiger partial charge in [-0.1, -0.05) is 0 Å². The zero-order chi connectivity index (χ0) is 20.6. The molecule has 2 aromatic heterocycles. The van der Waals surface area contributed by atoms with Crippen LogP contribution in [0.1, 0.15) is 19.3 Å². The summed E-state index contributed by atoms with van der Waals surface area (Å²) in [4.78, 5) is 36.5. The number of nitrogens with zero attached hydrogens (tertiary/aromatic N) is 5. The molecule has 3 aliphatic rings. The van der Waals surface area contributed by atoms with Crippen LogP contribution in [-0.2, 0) is 4.79 Å². The minimum atomic E-state index is -0.810. The summed E-state index contributed by atoms with van der Waals surface area (Å²) in [7, 11) is 0. The van der Waals surface area contributed by atoms with Gasteiger partial charge in [-0.2, -0.15) is 10.1 Å². The Morgan fingerprint density at radius 2 is 2.03 bits per heavy atom. The quantitative estimate of drug-likeness (QED) is 0.703. The van der Waals surface area contributed by atoms with Gasteiger partial charge in [-0.05, 0) is 37.3 Å². The molecule has 4 heterocycles. The van der Waals surface area contributed by atoms with Crippen molar-refractivity contribution < 1.29 is 13.6 Å². The van der Waals surface area contributed by atoms with Gasteiger partial charge in [0.1, 0.15) is 22.9 Å². The van der Waals surface area contributed by atoms with Crippen molar-refractivity contribution in [2.24, 2.45) is 5.92 Å². The standard InChI is InChI=1S/C20H18F2N6O2/c21-11-3-4-15(14(22)5-11)28-17-13(7-23-28)18(29)25-20(24-17)27-12-6-16(27)19(30)26(9-12)8-10-1-2-10/h3-5,7,10,12,16H,1-2,6,8-9H2,(H,24,25,29). The van der Waals surface area contributed by atoms with E-state index in [0.29, 0.717) is 12.5 Å². The minimum absolute atomic E-state index is 0.00839. The van der Waals surface area contributed by atoms with E-state index in [4.69, 9.17) is 0 Å². The molecule has 6 rings (SSSR count). The fourth-order valence-electron chi connectivity index (χ4n) is 4.49. The Morgan fingerprint density at radius 1 is 1.20 bits per heavy atom. The van der Waals surface area contributed by atoms with Crippen LogP contribution in [0.25, 0.3) is 16.7 Å². The molecule has 1 aromatic carbocycles. The molecule has 2 bridgehead atoms. The fraction of sp³-hybridized carbons (Fsp3) is 0.400. The molecule has 1 N–H and O–H groups in total. The molecular weight excluding hydrogens is 394 g/mol. The van der Waals surface area contributed by atoms with Crippen LogP contribution in [0.4, 0.5) is 14.7 Å². The molecule has 3 aromatic rings. The predicted octanol–water partition coefficient (Wildman–Crippen LogP) is 1.59. The zero-order valence-electron chi connectivity index (χ0n) is 15.9. The van der Waals surface area contributed by atoms with E-state index in [1.54, 1.807) is 0 Å². The van der Waals surface area contributed by atoms with Gasteiger partial charge in [0.05, 0.1) is 12.2 Å². The summed E-state index contributed by atoms with van der Waals surface area (Å²) in [5.74, 6) is -0.561. The average molecular weight is 412 g/mol. The lowest BCUT2D eigenvalue weighted by Gasteiger charge is -2.55. The number of piperidine rings is 1. The lowest BCUT2D eigenvalue weighted by atomic mass is 9.87. The second kappa shape index (κ2) is 6.10. The summed E-state index contributed by atoms with van der Waals surface area (Å²) in [5, 5.41) is 4.27. The van der Waals surface area contributed by atoms with E-state index in [9.17, 15) is 18.4 Å². The van der Waals surface area contributed by atoms with Crippen LogP contribution in [0.5, 0.6) is 0 Å². The van der Waals surface area contributed by atoms with Crippen molar-refractivity contribution in [2.45, 2.75) is 31.3 Å². The molecule has 0 radical (unpaired) electrons. The maximum Gasteiger partial charge on any atom is 0.263 e. The van der Waals surface area contributed by atoms with Crippen LogP contribution in [0.15, 0.2) is 29.2 Å². The van der Waals surface area contributed by atoms with Crippen molar-refractivity contribution in [2.75, 3.05) is 18.0 Å². The first-order valence-corrected chi connectivity index (χ1v) is 10.00. The molecule has 1 aliphatic carbocycles. The lowest BCUT2D eigenvalue weighted by Crippen LogP contribution is -2.72. The molecular formula is C20H18F2N6O2. The number of halogens is 2. The van der Waals surface area contributed by atoms with Gasteiger partial charge in [-0.25, -0.2) is 13.5 Å². The van der Waals surface area contributed by atoms with E-state index < -0.39 is 17.2 Å². The number of likely N-dealkylation sites (tertiary alicyclic amines) is 1. The van der Waals surface area contributed by atoms with Gasteiger partial charge in [0.2, 0.25) is 11.9 Å². The molecule has 154 valence electrons. The Morgan fingerprint density at radius 3 is 2.77 bits per heavy atom. The Balaban J connectivity index is 1.39. The molecule has 2 unspecified atom stereocenters. The lowest BCUT2D eigenvalue weighted by molar-refractivity contribution is -0.140. The van der Waals surface area contributed by atoms with E-state index in [-0.39, 0.29) is 40.7 Å². The number of carbonyl (C=O) groups is 1. The number of hydrogen-bond acceptors (Lipinski definition) is 5. The van der Waals surface area contributed by atoms with E-state index in [1.165, 1.54) is 29.8 Å². The highest BCUT2D eigenvalue weighted by Gasteiger charge is 2.52. The van der Waals surface area contributed by atoms with Crippen molar-refractivity contribution in [3.05, 3.63) is 46.4 Å². The van der Waals surface area contributed by atoms with Crippen molar-refractivity contribution in [3.63, 3.8) is 0 Å². The topological polar surface area (TPSA) is 87.1 Å². The van der Waals surface area contributed by atoms with Gasteiger partial charge in [0.25, 0.3) is 5.56 Å². The third-order valence-electron chi connectivity index (χ3n) is 6.24. The van der Waals surface area contributed by atoms with Gasteiger partial charge < -0.3 is 9.80 Å². The van der Waals surface area contributed by atoms with Gasteiger partial charge in [0.15, 0.2) is 11.5 Å².